The zero-order chi connectivity index (χ0) is 14.5. The molecule has 3 heteroatoms. The lowest BCUT2D eigenvalue weighted by molar-refractivity contribution is 0.112. The number of rotatable bonds is 4. The summed E-state index contributed by atoms with van der Waals surface area (Å²) in [6.45, 7) is 2.16. The van der Waals surface area contributed by atoms with Crippen LogP contribution in [-0.2, 0) is 0 Å². The van der Waals surface area contributed by atoms with E-state index in [1.807, 2.05) is 24.3 Å². The van der Waals surface area contributed by atoms with Crippen LogP contribution in [0.1, 0.15) is 24.5 Å². The van der Waals surface area contributed by atoms with Crippen molar-refractivity contribution in [3.63, 3.8) is 0 Å². The number of hydrogen-bond donors (Lipinski definition) is 1. The maximum Gasteiger partial charge on any atom is 0.127 e. The molecular formula is C18H20BrNO. The van der Waals surface area contributed by atoms with Crippen molar-refractivity contribution >= 4 is 15.9 Å². The molecule has 1 N–H and O–H groups in total. The van der Waals surface area contributed by atoms with Gasteiger partial charge in [-0.05, 0) is 55.8 Å². The molecular weight excluding hydrogens is 326 g/mol. The highest BCUT2D eigenvalue weighted by Gasteiger charge is 2.26. The Labute approximate surface area is 134 Å². The molecule has 3 rings (SSSR count). The molecule has 0 radical (unpaired) electrons. The minimum atomic E-state index is 0.134. The molecule has 0 aromatic heterocycles. The van der Waals surface area contributed by atoms with Gasteiger partial charge in [0, 0.05) is 10.4 Å². The Hall–Kier alpha value is -1.32. The second-order valence-corrected chi connectivity index (χ2v) is 6.41. The molecule has 1 aliphatic heterocycles. The summed E-state index contributed by atoms with van der Waals surface area (Å²) in [6, 6.07) is 18.7. The van der Waals surface area contributed by atoms with E-state index in [1.165, 1.54) is 5.56 Å². The standard InChI is InChI=1S/C18H20BrNO/c19-16-6-8-17(9-7-16)21-18(14-4-2-1-3-5-14)15-10-12-20-13-11-15/h1-9,15,18,20H,10-13H2. The Balaban J connectivity index is 1.83. The normalized spacial score (nSPS) is 17.4. The number of halogens is 1. The molecule has 0 aliphatic carbocycles. The van der Waals surface area contributed by atoms with Crippen LogP contribution in [0.4, 0.5) is 0 Å². The van der Waals surface area contributed by atoms with Gasteiger partial charge in [-0.3, -0.25) is 0 Å². The Morgan fingerprint density at radius 1 is 0.952 bits per heavy atom. The highest BCUT2D eigenvalue weighted by molar-refractivity contribution is 9.10. The molecule has 1 heterocycles. The van der Waals surface area contributed by atoms with Crippen LogP contribution in [-0.4, -0.2) is 13.1 Å². The summed E-state index contributed by atoms with van der Waals surface area (Å²) in [5.41, 5.74) is 1.27. The SMILES string of the molecule is Brc1ccc(OC(c2ccccc2)C2CCNCC2)cc1. The highest BCUT2D eigenvalue weighted by Crippen LogP contribution is 2.33. The van der Waals surface area contributed by atoms with Gasteiger partial charge in [0.05, 0.1) is 0 Å². The van der Waals surface area contributed by atoms with Gasteiger partial charge >= 0.3 is 0 Å². The molecule has 110 valence electrons. The molecule has 0 amide bonds. The van der Waals surface area contributed by atoms with Crippen molar-refractivity contribution < 1.29 is 4.74 Å². The van der Waals surface area contributed by atoms with Gasteiger partial charge in [0.15, 0.2) is 0 Å². The lowest BCUT2D eigenvalue weighted by Gasteiger charge is -2.31. The molecule has 0 spiro atoms. The number of benzene rings is 2. The van der Waals surface area contributed by atoms with Gasteiger partial charge in [0.1, 0.15) is 11.9 Å². The van der Waals surface area contributed by atoms with Gasteiger partial charge in [-0.2, -0.15) is 0 Å². The predicted octanol–water partition coefficient (Wildman–Crippen LogP) is 4.57. The zero-order valence-corrected chi connectivity index (χ0v) is 13.6. The fourth-order valence-electron chi connectivity index (χ4n) is 2.89. The minimum Gasteiger partial charge on any atom is -0.485 e. The maximum absolute atomic E-state index is 6.35. The molecule has 2 nitrogen and oxygen atoms in total. The Kier molecular flexibility index (Phi) is 4.94. The van der Waals surface area contributed by atoms with Crippen molar-refractivity contribution in [3.8, 4) is 5.75 Å². The molecule has 1 unspecified atom stereocenters. The van der Waals surface area contributed by atoms with Crippen molar-refractivity contribution in [2.75, 3.05) is 13.1 Å². The summed E-state index contributed by atoms with van der Waals surface area (Å²) >= 11 is 3.47. The summed E-state index contributed by atoms with van der Waals surface area (Å²) in [7, 11) is 0. The van der Waals surface area contributed by atoms with Gasteiger partial charge in [-0.25, -0.2) is 0 Å². The summed E-state index contributed by atoms with van der Waals surface area (Å²) < 4.78 is 7.42. The molecule has 2 aromatic carbocycles. The Morgan fingerprint density at radius 3 is 2.29 bits per heavy atom. The third kappa shape index (κ3) is 3.86. The van der Waals surface area contributed by atoms with Gasteiger partial charge in [-0.1, -0.05) is 46.3 Å². The average Bonchev–Trinajstić information content (AvgIpc) is 2.56. The second kappa shape index (κ2) is 7.10. The number of nitrogens with one attached hydrogen (secondary N) is 1. The topological polar surface area (TPSA) is 21.3 Å². The molecule has 1 saturated heterocycles. The first-order valence-electron chi connectivity index (χ1n) is 7.51. The Morgan fingerprint density at radius 2 is 1.62 bits per heavy atom. The van der Waals surface area contributed by atoms with Crippen LogP contribution in [0.5, 0.6) is 5.75 Å². The van der Waals surface area contributed by atoms with E-state index in [0.29, 0.717) is 5.92 Å². The fraction of sp³-hybridized carbons (Fsp3) is 0.333. The van der Waals surface area contributed by atoms with E-state index in [2.05, 4.69) is 51.6 Å². The number of piperidine rings is 1. The van der Waals surface area contributed by atoms with E-state index >= 15 is 0 Å². The third-order valence-electron chi connectivity index (χ3n) is 4.02. The predicted molar refractivity (Wildman–Crippen MR) is 89.5 cm³/mol. The molecule has 0 saturated carbocycles. The largest absolute Gasteiger partial charge is 0.485 e. The average molecular weight is 346 g/mol. The third-order valence-corrected chi connectivity index (χ3v) is 4.55. The van der Waals surface area contributed by atoms with Crippen molar-refractivity contribution in [3.05, 3.63) is 64.6 Å². The highest BCUT2D eigenvalue weighted by atomic mass is 79.9. The zero-order valence-electron chi connectivity index (χ0n) is 12.0. The first-order valence-corrected chi connectivity index (χ1v) is 8.30. The first-order chi connectivity index (χ1) is 10.3. The summed E-state index contributed by atoms with van der Waals surface area (Å²) in [5.74, 6) is 1.50. The van der Waals surface area contributed by atoms with Gasteiger partial charge in [-0.15, -0.1) is 0 Å². The van der Waals surface area contributed by atoms with Gasteiger partial charge in [0.2, 0.25) is 0 Å². The van der Waals surface area contributed by atoms with Crippen LogP contribution in [0.15, 0.2) is 59.1 Å². The summed E-state index contributed by atoms with van der Waals surface area (Å²) in [6.07, 6.45) is 2.46. The molecule has 2 aromatic rings. The minimum absolute atomic E-state index is 0.134. The van der Waals surface area contributed by atoms with Crippen LogP contribution in [0, 0.1) is 5.92 Å². The van der Waals surface area contributed by atoms with Crippen LogP contribution < -0.4 is 10.1 Å². The fourth-order valence-corrected chi connectivity index (χ4v) is 3.15. The lowest BCUT2D eigenvalue weighted by atomic mass is 9.88. The molecule has 1 fully saturated rings. The van der Waals surface area contributed by atoms with Crippen LogP contribution >= 0.6 is 15.9 Å². The van der Waals surface area contributed by atoms with E-state index in [9.17, 15) is 0 Å². The molecule has 0 bridgehead atoms. The number of hydrogen-bond acceptors (Lipinski definition) is 2. The van der Waals surface area contributed by atoms with Crippen molar-refractivity contribution in [2.45, 2.75) is 18.9 Å². The Bertz CT molecular complexity index is 549. The molecule has 21 heavy (non-hydrogen) atoms. The lowest BCUT2D eigenvalue weighted by Crippen LogP contribution is -2.32. The van der Waals surface area contributed by atoms with E-state index in [-0.39, 0.29) is 6.10 Å². The van der Waals surface area contributed by atoms with Crippen molar-refractivity contribution in [2.24, 2.45) is 5.92 Å². The number of ether oxygens (including phenoxy) is 1. The second-order valence-electron chi connectivity index (χ2n) is 5.49. The van der Waals surface area contributed by atoms with Crippen molar-refractivity contribution in [1.82, 2.24) is 5.32 Å². The summed E-state index contributed by atoms with van der Waals surface area (Å²) in [5, 5.41) is 3.43. The van der Waals surface area contributed by atoms with E-state index < -0.39 is 0 Å². The monoisotopic (exact) mass is 345 g/mol. The molecule has 1 atom stereocenters. The maximum atomic E-state index is 6.35. The van der Waals surface area contributed by atoms with Crippen LogP contribution in [0.2, 0.25) is 0 Å². The summed E-state index contributed by atoms with van der Waals surface area (Å²) in [4.78, 5) is 0. The van der Waals surface area contributed by atoms with Crippen molar-refractivity contribution in [1.29, 1.82) is 0 Å². The molecule has 1 aliphatic rings. The van der Waals surface area contributed by atoms with Crippen LogP contribution in [0.3, 0.4) is 0 Å². The van der Waals surface area contributed by atoms with Gasteiger partial charge < -0.3 is 10.1 Å². The van der Waals surface area contributed by atoms with E-state index in [4.69, 9.17) is 4.74 Å². The van der Waals surface area contributed by atoms with Gasteiger partial charge in [0.25, 0.3) is 0 Å². The van der Waals surface area contributed by atoms with E-state index in [1.54, 1.807) is 0 Å². The smallest absolute Gasteiger partial charge is 0.127 e. The van der Waals surface area contributed by atoms with Crippen LogP contribution in [0.25, 0.3) is 0 Å². The van der Waals surface area contributed by atoms with E-state index in [0.717, 1.165) is 36.2 Å². The quantitative estimate of drug-likeness (QED) is 0.876. The first kappa shape index (κ1) is 14.6.